The SMILES string of the molecule is Cn1cccc1[C@@H](CNC(=O)c1ccc(F)cc1F)N1CCCCCC1. The summed E-state index contributed by atoms with van der Waals surface area (Å²) in [6.45, 7) is 2.35. The Hall–Kier alpha value is -2.21. The van der Waals surface area contributed by atoms with Crippen molar-refractivity contribution >= 4 is 5.91 Å². The maximum Gasteiger partial charge on any atom is 0.254 e. The predicted octanol–water partition coefficient (Wildman–Crippen LogP) is 3.65. The van der Waals surface area contributed by atoms with Crippen molar-refractivity contribution in [3.05, 3.63) is 59.4 Å². The van der Waals surface area contributed by atoms with Crippen molar-refractivity contribution in [2.24, 2.45) is 7.05 Å². The molecule has 1 aliphatic rings. The number of benzene rings is 1. The minimum absolute atomic E-state index is 0.0283. The maximum atomic E-state index is 13.9. The molecule has 0 unspecified atom stereocenters. The zero-order valence-electron chi connectivity index (χ0n) is 15.0. The zero-order chi connectivity index (χ0) is 18.5. The van der Waals surface area contributed by atoms with Gasteiger partial charge in [0.15, 0.2) is 0 Å². The third-order valence-electron chi connectivity index (χ3n) is 5.04. The molecule has 26 heavy (non-hydrogen) atoms. The minimum Gasteiger partial charge on any atom is -0.353 e. The molecule has 1 saturated heterocycles. The Morgan fingerprint density at radius 2 is 1.88 bits per heavy atom. The lowest BCUT2D eigenvalue weighted by molar-refractivity contribution is 0.0927. The lowest BCUT2D eigenvalue weighted by Crippen LogP contribution is -2.39. The number of likely N-dealkylation sites (tertiary alicyclic amines) is 1. The molecule has 2 aromatic rings. The fourth-order valence-electron chi connectivity index (χ4n) is 3.61. The van der Waals surface area contributed by atoms with Crippen molar-refractivity contribution in [1.82, 2.24) is 14.8 Å². The normalized spacial score (nSPS) is 16.9. The minimum atomic E-state index is -0.840. The number of halogens is 2. The molecule has 0 radical (unpaired) electrons. The fourth-order valence-corrected chi connectivity index (χ4v) is 3.61. The molecule has 3 rings (SSSR count). The Bertz CT molecular complexity index is 751. The van der Waals surface area contributed by atoms with Crippen LogP contribution in [0, 0.1) is 11.6 Å². The van der Waals surface area contributed by atoms with E-state index >= 15 is 0 Å². The standard InChI is InChI=1S/C20H25F2N3O/c1-24-10-6-7-18(24)19(25-11-4-2-3-5-12-25)14-23-20(26)16-9-8-15(21)13-17(16)22/h6-10,13,19H,2-5,11-12,14H2,1H3,(H,23,26)/t19-/m1/s1. The second-order valence-corrected chi connectivity index (χ2v) is 6.84. The van der Waals surface area contributed by atoms with Crippen molar-refractivity contribution in [3.63, 3.8) is 0 Å². The average Bonchev–Trinajstić information content (AvgIpc) is 2.86. The third-order valence-corrected chi connectivity index (χ3v) is 5.04. The number of amides is 1. The first-order valence-corrected chi connectivity index (χ1v) is 9.15. The van der Waals surface area contributed by atoms with Gasteiger partial charge >= 0.3 is 0 Å². The summed E-state index contributed by atoms with van der Waals surface area (Å²) in [6, 6.07) is 7.09. The number of nitrogens with zero attached hydrogens (tertiary/aromatic N) is 2. The number of hydrogen-bond acceptors (Lipinski definition) is 2. The second-order valence-electron chi connectivity index (χ2n) is 6.84. The smallest absolute Gasteiger partial charge is 0.254 e. The number of aromatic nitrogens is 1. The fraction of sp³-hybridized carbons (Fsp3) is 0.450. The van der Waals surface area contributed by atoms with Gasteiger partial charge in [0.05, 0.1) is 11.6 Å². The van der Waals surface area contributed by atoms with Crippen LogP contribution in [0.3, 0.4) is 0 Å². The van der Waals surface area contributed by atoms with E-state index in [-0.39, 0.29) is 11.6 Å². The third kappa shape index (κ3) is 4.30. The molecule has 0 saturated carbocycles. The summed E-state index contributed by atoms with van der Waals surface area (Å²) < 4.78 is 29.0. The first-order valence-electron chi connectivity index (χ1n) is 9.15. The van der Waals surface area contributed by atoms with Crippen molar-refractivity contribution in [2.75, 3.05) is 19.6 Å². The highest BCUT2D eigenvalue weighted by Crippen LogP contribution is 2.24. The van der Waals surface area contributed by atoms with Gasteiger partial charge in [0, 0.05) is 31.5 Å². The maximum absolute atomic E-state index is 13.9. The van der Waals surface area contributed by atoms with E-state index in [1.54, 1.807) is 0 Å². The van der Waals surface area contributed by atoms with Gasteiger partial charge in [-0.3, -0.25) is 9.69 Å². The van der Waals surface area contributed by atoms with Gasteiger partial charge < -0.3 is 9.88 Å². The Balaban J connectivity index is 1.75. The summed E-state index contributed by atoms with van der Waals surface area (Å²) in [5.74, 6) is -2.05. The van der Waals surface area contributed by atoms with Crippen molar-refractivity contribution in [2.45, 2.75) is 31.7 Å². The van der Waals surface area contributed by atoms with Crippen LogP contribution < -0.4 is 5.32 Å². The molecule has 4 nitrogen and oxygen atoms in total. The molecule has 0 aliphatic carbocycles. The molecule has 1 atom stereocenters. The van der Waals surface area contributed by atoms with Crippen LogP contribution in [0.15, 0.2) is 36.5 Å². The molecular formula is C20H25F2N3O. The first kappa shape index (κ1) is 18.6. The summed E-state index contributed by atoms with van der Waals surface area (Å²) in [6.07, 6.45) is 6.72. The molecule has 140 valence electrons. The number of nitrogens with one attached hydrogen (secondary N) is 1. The van der Waals surface area contributed by atoms with Crippen molar-refractivity contribution in [1.29, 1.82) is 0 Å². The molecule has 0 spiro atoms. The predicted molar refractivity (Wildman–Crippen MR) is 96.9 cm³/mol. The molecule has 1 aliphatic heterocycles. The lowest BCUT2D eigenvalue weighted by atomic mass is 10.1. The van der Waals surface area contributed by atoms with Gasteiger partial charge in [-0.1, -0.05) is 12.8 Å². The number of carbonyl (C=O) groups excluding carboxylic acids is 1. The Morgan fingerprint density at radius 3 is 2.50 bits per heavy atom. The van der Waals surface area contributed by atoms with E-state index in [9.17, 15) is 13.6 Å². The molecular weight excluding hydrogens is 336 g/mol. The van der Waals surface area contributed by atoms with Crippen LogP contribution in [0.4, 0.5) is 8.78 Å². The molecule has 1 fully saturated rings. The summed E-state index contributed by atoms with van der Waals surface area (Å²) in [5, 5.41) is 2.84. The van der Waals surface area contributed by atoms with E-state index in [2.05, 4.69) is 20.9 Å². The van der Waals surface area contributed by atoms with Crippen LogP contribution >= 0.6 is 0 Å². The topological polar surface area (TPSA) is 37.3 Å². The van der Waals surface area contributed by atoms with E-state index in [0.29, 0.717) is 6.54 Å². The van der Waals surface area contributed by atoms with Gasteiger partial charge in [0.25, 0.3) is 5.91 Å². The number of rotatable bonds is 5. The van der Waals surface area contributed by atoms with Gasteiger partial charge in [-0.15, -0.1) is 0 Å². The highest BCUT2D eigenvalue weighted by Gasteiger charge is 2.24. The molecule has 1 amide bonds. The molecule has 0 bridgehead atoms. The lowest BCUT2D eigenvalue weighted by Gasteiger charge is -2.31. The van der Waals surface area contributed by atoms with Gasteiger partial charge in [0.2, 0.25) is 0 Å². The highest BCUT2D eigenvalue weighted by atomic mass is 19.1. The van der Waals surface area contributed by atoms with E-state index in [4.69, 9.17) is 0 Å². The van der Waals surface area contributed by atoms with Gasteiger partial charge in [0.1, 0.15) is 11.6 Å². The molecule has 1 aromatic heterocycles. The second kappa shape index (κ2) is 8.45. The monoisotopic (exact) mass is 361 g/mol. The summed E-state index contributed by atoms with van der Waals surface area (Å²) in [4.78, 5) is 14.8. The van der Waals surface area contributed by atoms with Crippen LogP contribution in [0.1, 0.15) is 47.8 Å². The quantitative estimate of drug-likeness (QED) is 0.883. The van der Waals surface area contributed by atoms with Crippen LogP contribution in [-0.4, -0.2) is 35.0 Å². The van der Waals surface area contributed by atoms with Crippen molar-refractivity contribution in [3.8, 4) is 0 Å². The van der Waals surface area contributed by atoms with Gasteiger partial charge in [-0.05, 0) is 50.2 Å². The van der Waals surface area contributed by atoms with Crippen LogP contribution in [0.5, 0.6) is 0 Å². The number of hydrogen-bond donors (Lipinski definition) is 1. The summed E-state index contributed by atoms with van der Waals surface area (Å²) in [5.41, 5.74) is 0.986. The van der Waals surface area contributed by atoms with E-state index in [1.165, 1.54) is 18.9 Å². The zero-order valence-corrected chi connectivity index (χ0v) is 15.0. The van der Waals surface area contributed by atoms with Crippen LogP contribution in [0.2, 0.25) is 0 Å². The highest BCUT2D eigenvalue weighted by molar-refractivity contribution is 5.94. The molecule has 1 N–H and O–H groups in total. The average molecular weight is 361 g/mol. The summed E-state index contributed by atoms with van der Waals surface area (Å²) >= 11 is 0. The number of carbonyl (C=O) groups is 1. The van der Waals surface area contributed by atoms with Crippen molar-refractivity contribution < 1.29 is 13.6 Å². The molecule has 1 aromatic carbocycles. The summed E-state index contributed by atoms with van der Waals surface area (Å²) in [7, 11) is 1.99. The molecule has 6 heteroatoms. The van der Waals surface area contributed by atoms with Gasteiger partial charge in [-0.2, -0.15) is 0 Å². The van der Waals surface area contributed by atoms with E-state index in [1.807, 2.05) is 19.3 Å². The van der Waals surface area contributed by atoms with Gasteiger partial charge in [-0.25, -0.2) is 8.78 Å². The Morgan fingerprint density at radius 1 is 1.15 bits per heavy atom. The Kier molecular flexibility index (Phi) is 6.04. The largest absolute Gasteiger partial charge is 0.353 e. The first-order chi connectivity index (χ1) is 12.6. The number of aryl methyl sites for hydroxylation is 1. The van der Waals surface area contributed by atoms with E-state index < -0.39 is 17.5 Å². The van der Waals surface area contributed by atoms with E-state index in [0.717, 1.165) is 43.8 Å². The molecule has 2 heterocycles. The van der Waals surface area contributed by atoms with Crippen LogP contribution in [-0.2, 0) is 7.05 Å². The Labute approximate surface area is 152 Å². The van der Waals surface area contributed by atoms with Crippen LogP contribution in [0.25, 0.3) is 0 Å².